The number of nitrogens with zero attached hydrogens (tertiary/aromatic N) is 2. The van der Waals surface area contributed by atoms with Crippen molar-refractivity contribution in [3.8, 4) is 0 Å². The third-order valence-electron chi connectivity index (χ3n) is 5.29. The molecule has 0 radical (unpaired) electrons. The summed E-state index contributed by atoms with van der Waals surface area (Å²) in [6.07, 6.45) is 0.344. The number of piperazine rings is 1. The first-order chi connectivity index (χ1) is 14.8. The minimum Gasteiger partial charge on any atom is -0.339 e. The summed E-state index contributed by atoms with van der Waals surface area (Å²) in [5.74, 6) is -0.437. The maximum atomic E-state index is 12.8. The second-order valence-electron chi connectivity index (χ2n) is 7.72. The van der Waals surface area contributed by atoms with Crippen LogP contribution in [0.15, 0.2) is 48.5 Å². The second kappa shape index (κ2) is 10.0. The molecular formula is C24H27N3O4. The molecule has 0 aromatic heterocycles. The molecule has 0 aliphatic carbocycles. The Hall–Kier alpha value is -3.48. The van der Waals surface area contributed by atoms with Gasteiger partial charge in [-0.25, -0.2) is 0 Å². The summed E-state index contributed by atoms with van der Waals surface area (Å²) < 4.78 is 0. The van der Waals surface area contributed by atoms with Gasteiger partial charge in [0.1, 0.15) is 0 Å². The van der Waals surface area contributed by atoms with Gasteiger partial charge in [0.05, 0.1) is 0 Å². The van der Waals surface area contributed by atoms with Gasteiger partial charge in [-0.2, -0.15) is 0 Å². The number of aryl methyl sites for hydroxylation is 1. The zero-order valence-electron chi connectivity index (χ0n) is 17.9. The lowest BCUT2D eigenvalue weighted by atomic mass is 10.0. The third kappa shape index (κ3) is 6.01. The molecule has 7 nitrogen and oxygen atoms in total. The van der Waals surface area contributed by atoms with Crippen LogP contribution in [0.4, 0.5) is 5.69 Å². The number of rotatable bonds is 6. The Morgan fingerprint density at radius 2 is 1.48 bits per heavy atom. The smallest absolute Gasteiger partial charge is 0.254 e. The number of ketones is 1. The maximum absolute atomic E-state index is 12.8. The molecule has 3 amide bonds. The van der Waals surface area contributed by atoms with E-state index in [9.17, 15) is 19.2 Å². The van der Waals surface area contributed by atoms with Crippen LogP contribution >= 0.6 is 0 Å². The van der Waals surface area contributed by atoms with Gasteiger partial charge in [-0.15, -0.1) is 0 Å². The summed E-state index contributed by atoms with van der Waals surface area (Å²) in [5, 5.41) is 2.67. The molecular weight excluding hydrogens is 394 g/mol. The molecule has 1 aliphatic heterocycles. The Balaban J connectivity index is 1.49. The first-order valence-electron chi connectivity index (χ1n) is 10.4. The van der Waals surface area contributed by atoms with Crippen molar-refractivity contribution in [2.24, 2.45) is 0 Å². The molecule has 2 aromatic rings. The van der Waals surface area contributed by atoms with Crippen molar-refractivity contribution in [2.75, 3.05) is 31.5 Å². The van der Waals surface area contributed by atoms with E-state index in [2.05, 4.69) is 5.32 Å². The summed E-state index contributed by atoms with van der Waals surface area (Å²) in [5.41, 5.74) is 2.78. The van der Waals surface area contributed by atoms with E-state index in [1.165, 1.54) is 6.92 Å². The normalized spacial score (nSPS) is 13.6. The molecule has 0 saturated carbocycles. The number of carbonyl (C=O) groups excluding carboxylic acids is 4. The van der Waals surface area contributed by atoms with Crippen molar-refractivity contribution in [3.63, 3.8) is 0 Å². The fourth-order valence-corrected chi connectivity index (χ4v) is 3.54. The lowest BCUT2D eigenvalue weighted by Crippen LogP contribution is -2.50. The molecule has 1 aliphatic rings. The largest absolute Gasteiger partial charge is 0.339 e. The molecule has 0 unspecified atom stereocenters. The van der Waals surface area contributed by atoms with Crippen LogP contribution in [0.1, 0.15) is 46.0 Å². The first kappa shape index (κ1) is 22.2. The highest BCUT2D eigenvalue weighted by molar-refractivity contribution is 5.98. The molecule has 1 saturated heterocycles. The number of hydrogen-bond acceptors (Lipinski definition) is 4. The number of benzene rings is 2. The number of carbonyl (C=O) groups is 4. The monoisotopic (exact) mass is 421 g/mol. The Labute approximate surface area is 182 Å². The average molecular weight is 421 g/mol. The summed E-state index contributed by atoms with van der Waals surface area (Å²) in [6, 6.07) is 14.2. The van der Waals surface area contributed by atoms with Crippen molar-refractivity contribution < 1.29 is 19.2 Å². The fourth-order valence-electron chi connectivity index (χ4n) is 3.54. The highest BCUT2D eigenvalue weighted by Crippen LogP contribution is 2.15. The Kier molecular flexibility index (Phi) is 7.18. The summed E-state index contributed by atoms with van der Waals surface area (Å²) in [7, 11) is 0. The minimum atomic E-state index is -0.197. The summed E-state index contributed by atoms with van der Waals surface area (Å²) >= 11 is 0. The molecule has 0 atom stereocenters. The van der Waals surface area contributed by atoms with Gasteiger partial charge in [-0.3, -0.25) is 19.2 Å². The van der Waals surface area contributed by atoms with Crippen molar-refractivity contribution in [3.05, 3.63) is 65.2 Å². The van der Waals surface area contributed by atoms with Crippen molar-refractivity contribution in [2.45, 2.75) is 26.7 Å². The number of anilines is 1. The van der Waals surface area contributed by atoms with Gasteiger partial charge in [-0.1, -0.05) is 35.9 Å². The Bertz CT molecular complexity index is 977. The molecule has 0 spiro atoms. The van der Waals surface area contributed by atoms with E-state index in [0.29, 0.717) is 43.0 Å². The lowest BCUT2D eigenvalue weighted by Gasteiger charge is -2.35. The van der Waals surface area contributed by atoms with E-state index in [0.717, 1.165) is 5.56 Å². The van der Waals surface area contributed by atoms with Crippen molar-refractivity contribution in [1.29, 1.82) is 0 Å². The SMILES string of the molecule is CC(=O)Nc1cccc(C(=O)N2CCN(C(=O)CCC(=O)c3ccc(C)cc3)CC2)c1. The molecule has 1 N–H and O–H groups in total. The average Bonchev–Trinajstić information content (AvgIpc) is 2.77. The van der Waals surface area contributed by atoms with E-state index in [-0.39, 0.29) is 36.3 Å². The van der Waals surface area contributed by atoms with Gasteiger partial charge in [0, 0.05) is 62.8 Å². The topological polar surface area (TPSA) is 86.8 Å². The van der Waals surface area contributed by atoms with Crippen LogP contribution in [-0.4, -0.2) is 59.5 Å². The highest BCUT2D eigenvalue weighted by Gasteiger charge is 2.25. The molecule has 31 heavy (non-hydrogen) atoms. The Morgan fingerprint density at radius 3 is 2.13 bits per heavy atom. The van der Waals surface area contributed by atoms with Crippen LogP contribution in [-0.2, 0) is 9.59 Å². The molecule has 1 heterocycles. The molecule has 1 fully saturated rings. The number of hydrogen-bond donors (Lipinski definition) is 1. The van der Waals surface area contributed by atoms with Crippen LogP contribution in [0, 0.1) is 6.92 Å². The molecule has 3 rings (SSSR count). The van der Waals surface area contributed by atoms with Gasteiger partial charge >= 0.3 is 0 Å². The van der Waals surface area contributed by atoms with Crippen LogP contribution in [0.3, 0.4) is 0 Å². The lowest BCUT2D eigenvalue weighted by molar-refractivity contribution is -0.132. The zero-order chi connectivity index (χ0) is 22.4. The van der Waals surface area contributed by atoms with E-state index in [1.54, 1.807) is 46.2 Å². The van der Waals surface area contributed by atoms with Crippen molar-refractivity contribution in [1.82, 2.24) is 9.80 Å². The predicted octanol–water partition coefficient (Wildman–Crippen LogP) is 2.90. The zero-order valence-corrected chi connectivity index (χ0v) is 17.9. The second-order valence-corrected chi connectivity index (χ2v) is 7.72. The minimum absolute atomic E-state index is 0.0405. The van der Waals surface area contributed by atoms with Crippen LogP contribution in [0.2, 0.25) is 0 Å². The van der Waals surface area contributed by atoms with Gasteiger partial charge < -0.3 is 15.1 Å². The van der Waals surface area contributed by atoms with E-state index >= 15 is 0 Å². The predicted molar refractivity (Wildman–Crippen MR) is 118 cm³/mol. The van der Waals surface area contributed by atoms with E-state index in [1.807, 2.05) is 19.1 Å². The van der Waals surface area contributed by atoms with Crippen LogP contribution < -0.4 is 5.32 Å². The van der Waals surface area contributed by atoms with Crippen molar-refractivity contribution >= 4 is 29.2 Å². The number of nitrogens with one attached hydrogen (secondary N) is 1. The van der Waals surface area contributed by atoms with Gasteiger partial charge in [0.2, 0.25) is 11.8 Å². The highest BCUT2D eigenvalue weighted by atomic mass is 16.2. The van der Waals surface area contributed by atoms with E-state index in [4.69, 9.17) is 0 Å². The van der Waals surface area contributed by atoms with Gasteiger partial charge in [0.15, 0.2) is 5.78 Å². The fraction of sp³-hybridized carbons (Fsp3) is 0.333. The quantitative estimate of drug-likeness (QED) is 0.727. The van der Waals surface area contributed by atoms with Gasteiger partial charge in [-0.05, 0) is 25.1 Å². The van der Waals surface area contributed by atoms with E-state index < -0.39 is 0 Å². The molecule has 162 valence electrons. The van der Waals surface area contributed by atoms with Gasteiger partial charge in [0.25, 0.3) is 5.91 Å². The Morgan fingerprint density at radius 1 is 0.839 bits per heavy atom. The number of amides is 3. The van der Waals surface area contributed by atoms with Crippen LogP contribution in [0.25, 0.3) is 0 Å². The number of Topliss-reactive ketones (excluding diaryl/α,β-unsaturated/α-hetero) is 1. The molecule has 0 bridgehead atoms. The van der Waals surface area contributed by atoms with Crippen LogP contribution in [0.5, 0.6) is 0 Å². The maximum Gasteiger partial charge on any atom is 0.254 e. The molecule has 2 aromatic carbocycles. The summed E-state index contributed by atoms with van der Waals surface area (Å²) in [4.78, 5) is 52.2. The summed E-state index contributed by atoms with van der Waals surface area (Å²) in [6.45, 7) is 5.12. The first-order valence-corrected chi connectivity index (χ1v) is 10.4. The standard InChI is InChI=1S/C24H27N3O4/c1-17-6-8-19(9-7-17)22(29)10-11-23(30)26-12-14-27(15-13-26)24(31)20-4-3-5-21(16-20)25-18(2)28/h3-9,16H,10-15H2,1-2H3,(H,25,28). The molecule has 7 heteroatoms. The third-order valence-corrected chi connectivity index (χ3v) is 5.29.